The molecule has 1 rings (SSSR count). The van der Waals surface area contributed by atoms with Crippen LogP contribution in [0.5, 0.6) is 0 Å². The number of carbonyl (C=O) groups is 9. The number of aliphatic hydroxyl groups is 1. The molecule has 0 unspecified atom stereocenters. The molecule has 51 heavy (non-hydrogen) atoms. The Labute approximate surface area is 295 Å². The first kappa shape index (κ1) is 44.2. The van der Waals surface area contributed by atoms with E-state index in [2.05, 4.69) is 26.6 Å². The lowest BCUT2D eigenvalue weighted by Crippen LogP contribution is -2.61. The summed E-state index contributed by atoms with van der Waals surface area (Å²) in [5.74, 6) is -9.50. The normalized spacial score (nSPS) is 18.2. The van der Waals surface area contributed by atoms with Crippen molar-refractivity contribution in [2.24, 2.45) is 23.3 Å². The molecule has 7 amide bonds. The van der Waals surface area contributed by atoms with Crippen LogP contribution in [0.2, 0.25) is 0 Å². The van der Waals surface area contributed by atoms with E-state index in [4.69, 9.17) is 16.6 Å². The van der Waals surface area contributed by atoms with Gasteiger partial charge in [-0.25, -0.2) is 4.79 Å². The lowest BCUT2D eigenvalue weighted by Gasteiger charge is -2.29. The molecule has 0 spiro atoms. The first-order chi connectivity index (χ1) is 23.7. The molecule has 0 aromatic rings. The van der Waals surface area contributed by atoms with Crippen LogP contribution < -0.4 is 38.1 Å². The van der Waals surface area contributed by atoms with Gasteiger partial charge < -0.3 is 58.3 Å². The monoisotopic (exact) mass is 728 g/mol. The molecule has 0 aliphatic carbocycles. The number of aliphatic hydroxyl groups excluding tert-OH is 1. The topological polar surface area (TPSA) is 330 Å². The van der Waals surface area contributed by atoms with E-state index in [-0.39, 0.29) is 25.3 Å². The molecule has 12 N–H and O–H groups in total. The fraction of sp³-hybridized carbons (Fsp3) is 0.710. The molecule has 1 heterocycles. The van der Waals surface area contributed by atoms with Crippen molar-refractivity contribution in [2.75, 3.05) is 13.1 Å². The second kappa shape index (κ2) is 20.7. The van der Waals surface area contributed by atoms with E-state index in [0.29, 0.717) is 12.8 Å². The number of rotatable bonds is 21. The van der Waals surface area contributed by atoms with Crippen LogP contribution in [0, 0.1) is 11.8 Å². The average Bonchev–Trinajstić information content (AvgIpc) is 3.52. The Hall–Kier alpha value is -4.85. The number of hydrogen-bond donors (Lipinski definition) is 10. The number of carboxylic acids is 2. The molecule has 1 saturated heterocycles. The number of likely N-dealkylation sites (tertiary alicyclic amines) is 1. The van der Waals surface area contributed by atoms with Gasteiger partial charge in [-0.05, 0) is 38.0 Å². The molecule has 1 aliphatic heterocycles. The van der Waals surface area contributed by atoms with E-state index >= 15 is 0 Å². The van der Waals surface area contributed by atoms with Crippen molar-refractivity contribution in [2.45, 2.75) is 115 Å². The molecule has 20 nitrogen and oxygen atoms in total. The Kier molecular flexibility index (Phi) is 18.0. The summed E-state index contributed by atoms with van der Waals surface area (Å²) in [6, 6.07) is -8.18. The van der Waals surface area contributed by atoms with Gasteiger partial charge in [-0.1, -0.05) is 34.1 Å². The summed E-state index contributed by atoms with van der Waals surface area (Å²) in [6.07, 6.45) is -1.71. The number of carboxylic acid groups (broad SMARTS) is 2. The third-order valence-electron chi connectivity index (χ3n) is 8.21. The summed E-state index contributed by atoms with van der Waals surface area (Å²) >= 11 is 0. The highest BCUT2D eigenvalue weighted by atomic mass is 16.4. The van der Waals surface area contributed by atoms with E-state index in [9.17, 15) is 53.4 Å². The van der Waals surface area contributed by atoms with E-state index in [1.165, 1.54) is 6.92 Å². The Morgan fingerprint density at radius 3 is 1.92 bits per heavy atom. The maximum atomic E-state index is 13.5. The van der Waals surface area contributed by atoms with Gasteiger partial charge in [-0.15, -0.1) is 0 Å². The molecule has 0 saturated carbocycles. The summed E-state index contributed by atoms with van der Waals surface area (Å²) in [6.45, 7) is 7.55. The minimum absolute atomic E-state index is 0.0507. The number of nitrogens with zero attached hydrogens (tertiary/aromatic N) is 1. The molecule has 8 atom stereocenters. The quantitative estimate of drug-likeness (QED) is 0.0544. The van der Waals surface area contributed by atoms with Crippen LogP contribution >= 0.6 is 0 Å². The first-order valence-electron chi connectivity index (χ1n) is 16.6. The molecule has 0 bridgehead atoms. The molecule has 0 radical (unpaired) electrons. The SMILES string of the molecule is CC[C@H](C)[C@H](NC(=O)[C@H](CC(C)C)NC(=O)[C@@H](NC(=O)CNC(=O)[C@@H]1CCCN1C(=O)[C@@H](N)CC(=O)O)[C@@H](C)O)C(=O)N[C@@H](CC(N)=O)C(=O)O. The van der Waals surface area contributed by atoms with Crippen LogP contribution in [-0.4, -0.2) is 129 Å². The Morgan fingerprint density at radius 1 is 0.824 bits per heavy atom. The predicted molar refractivity (Wildman–Crippen MR) is 178 cm³/mol. The molecular weight excluding hydrogens is 676 g/mol. The fourth-order valence-electron chi connectivity index (χ4n) is 5.29. The van der Waals surface area contributed by atoms with Crippen molar-refractivity contribution in [3.8, 4) is 0 Å². The van der Waals surface area contributed by atoms with Crippen molar-refractivity contribution >= 4 is 53.3 Å². The second-order valence-electron chi connectivity index (χ2n) is 13.0. The minimum Gasteiger partial charge on any atom is -0.481 e. The van der Waals surface area contributed by atoms with E-state index in [1.54, 1.807) is 27.7 Å². The van der Waals surface area contributed by atoms with Gasteiger partial charge in [0.2, 0.25) is 41.4 Å². The number of amides is 7. The molecule has 288 valence electrons. The Bertz CT molecular complexity index is 1310. The molecule has 1 fully saturated rings. The van der Waals surface area contributed by atoms with Crippen molar-refractivity contribution in [3.05, 3.63) is 0 Å². The fourth-order valence-corrected chi connectivity index (χ4v) is 5.29. The lowest BCUT2D eigenvalue weighted by molar-refractivity contribution is -0.144. The van der Waals surface area contributed by atoms with Crippen LogP contribution in [0.25, 0.3) is 0 Å². The largest absolute Gasteiger partial charge is 0.481 e. The van der Waals surface area contributed by atoms with Gasteiger partial charge in [0.05, 0.1) is 31.5 Å². The Balaban J connectivity index is 3.01. The highest BCUT2D eigenvalue weighted by Crippen LogP contribution is 2.19. The molecule has 20 heteroatoms. The highest BCUT2D eigenvalue weighted by molar-refractivity contribution is 5.97. The number of nitrogens with two attached hydrogens (primary N) is 2. The van der Waals surface area contributed by atoms with Crippen molar-refractivity contribution in [1.29, 1.82) is 0 Å². The number of nitrogens with one attached hydrogen (secondary N) is 5. The number of primary amides is 1. The van der Waals surface area contributed by atoms with Crippen LogP contribution in [0.1, 0.15) is 73.1 Å². The second-order valence-corrected chi connectivity index (χ2v) is 13.0. The highest BCUT2D eigenvalue weighted by Gasteiger charge is 2.38. The summed E-state index contributed by atoms with van der Waals surface area (Å²) in [5.41, 5.74) is 10.8. The predicted octanol–water partition coefficient (Wildman–Crippen LogP) is -3.73. The van der Waals surface area contributed by atoms with Crippen LogP contribution in [-0.2, 0) is 43.2 Å². The maximum Gasteiger partial charge on any atom is 0.326 e. The summed E-state index contributed by atoms with van der Waals surface area (Å²) in [4.78, 5) is 113. The summed E-state index contributed by atoms with van der Waals surface area (Å²) < 4.78 is 0. The van der Waals surface area contributed by atoms with Gasteiger partial charge in [-0.3, -0.25) is 38.4 Å². The van der Waals surface area contributed by atoms with Gasteiger partial charge >= 0.3 is 11.9 Å². The van der Waals surface area contributed by atoms with Gasteiger partial charge in [0.25, 0.3) is 0 Å². The van der Waals surface area contributed by atoms with Crippen LogP contribution in [0.15, 0.2) is 0 Å². The van der Waals surface area contributed by atoms with E-state index in [0.717, 1.165) is 4.90 Å². The maximum absolute atomic E-state index is 13.5. The van der Waals surface area contributed by atoms with E-state index < -0.39 is 121 Å². The smallest absolute Gasteiger partial charge is 0.326 e. The van der Waals surface area contributed by atoms with E-state index in [1.807, 2.05) is 0 Å². The molecule has 1 aliphatic rings. The lowest BCUT2D eigenvalue weighted by atomic mass is 9.96. The van der Waals surface area contributed by atoms with Crippen molar-refractivity contribution in [1.82, 2.24) is 31.5 Å². The minimum atomic E-state index is -1.65. The van der Waals surface area contributed by atoms with Gasteiger partial charge in [-0.2, -0.15) is 0 Å². The standard InChI is InChI=1S/C31H52N8O12/c1-6-15(4)24(28(47)36-19(31(50)51)12-21(33)41)38-26(45)18(10-14(2)3)35-29(48)25(16(5)40)37-22(42)13-34-27(46)20-8-7-9-39(20)30(49)17(32)11-23(43)44/h14-20,24-25,40H,6-13,32H2,1-5H3,(H2,33,41)(H,34,46)(H,35,48)(H,36,47)(H,37,42)(H,38,45)(H,43,44)(H,50,51)/t15-,16+,17-,18-,19-,20-,24-,25-/m0/s1. The molecular formula is C31H52N8O12. The van der Waals surface area contributed by atoms with Crippen molar-refractivity contribution in [3.63, 3.8) is 0 Å². The zero-order chi connectivity index (χ0) is 39.2. The first-order valence-corrected chi connectivity index (χ1v) is 16.6. The summed E-state index contributed by atoms with van der Waals surface area (Å²) in [7, 11) is 0. The number of aliphatic carboxylic acids is 2. The molecule has 0 aromatic carbocycles. The number of hydrogen-bond acceptors (Lipinski definition) is 11. The zero-order valence-corrected chi connectivity index (χ0v) is 29.5. The molecule has 0 aromatic heterocycles. The van der Waals surface area contributed by atoms with Gasteiger partial charge in [0.15, 0.2) is 0 Å². The summed E-state index contributed by atoms with van der Waals surface area (Å²) in [5, 5.41) is 40.5. The number of carbonyl (C=O) groups excluding carboxylic acids is 7. The van der Waals surface area contributed by atoms with Crippen molar-refractivity contribution < 1.29 is 58.5 Å². The Morgan fingerprint density at radius 2 is 1.41 bits per heavy atom. The van der Waals surface area contributed by atoms with Gasteiger partial charge in [0.1, 0.15) is 30.2 Å². The van der Waals surface area contributed by atoms with Crippen LogP contribution in [0.4, 0.5) is 0 Å². The third kappa shape index (κ3) is 14.5. The zero-order valence-electron chi connectivity index (χ0n) is 29.5. The van der Waals surface area contributed by atoms with Crippen LogP contribution in [0.3, 0.4) is 0 Å². The third-order valence-corrected chi connectivity index (χ3v) is 8.21. The average molecular weight is 729 g/mol. The van der Waals surface area contributed by atoms with Gasteiger partial charge in [0, 0.05) is 6.54 Å².